The summed E-state index contributed by atoms with van der Waals surface area (Å²) in [6, 6.07) is 13.2. The molecule has 0 aliphatic carbocycles. The van der Waals surface area contributed by atoms with Crippen LogP contribution in [0.1, 0.15) is 31.9 Å². The van der Waals surface area contributed by atoms with Gasteiger partial charge in [0.1, 0.15) is 0 Å². The Morgan fingerprint density at radius 2 is 1.57 bits per heavy atom. The van der Waals surface area contributed by atoms with Crippen LogP contribution in [-0.2, 0) is 10.2 Å². The van der Waals surface area contributed by atoms with Gasteiger partial charge in [-0.1, -0.05) is 74.3 Å². The first-order chi connectivity index (χ1) is 10.8. The van der Waals surface area contributed by atoms with Crippen LogP contribution in [0.4, 0.5) is 5.69 Å². The van der Waals surface area contributed by atoms with E-state index in [0.717, 1.165) is 5.56 Å². The number of amides is 1. The monoisotopic (exact) mass is 347 g/mol. The molecule has 0 bridgehead atoms. The second kappa shape index (κ2) is 7.20. The van der Waals surface area contributed by atoms with E-state index in [1.807, 2.05) is 12.1 Å². The molecule has 2 rings (SSSR count). The normalized spacial score (nSPS) is 11.7. The smallest absolute Gasteiger partial charge is 0.248 e. The van der Waals surface area contributed by atoms with Crippen LogP contribution < -0.4 is 5.32 Å². The number of carbonyl (C=O) groups is 1. The third-order valence-corrected chi connectivity index (χ3v) is 4.04. The number of nitrogens with one attached hydrogen (secondary N) is 1. The fraction of sp³-hybridized carbons (Fsp3) is 0.211. The molecule has 0 spiro atoms. The minimum atomic E-state index is -0.278. The van der Waals surface area contributed by atoms with Gasteiger partial charge in [-0.3, -0.25) is 4.79 Å². The van der Waals surface area contributed by atoms with Crippen LogP contribution in [0.15, 0.2) is 48.5 Å². The van der Waals surface area contributed by atoms with Gasteiger partial charge in [0.15, 0.2) is 0 Å². The molecule has 0 atom stereocenters. The van der Waals surface area contributed by atoms with Crippen LogP contribution in [0.2, 0.25) is 10.0 Å². The van der Waals surface area contributed by atoms with Gasteiger partial charge in [0, 0.05) is 6.08 Å². The van der Waals surface area contributed by atoms with E-state index in [4.69, 9.17) is 23.2 Å². The zero-order valence-corrected chi connectivity index (χ0v) is 14.9. The van der Waals surface area contributed by atoms with Crippen LogP contribution >= 0.6 is 23.2 Å². The summed E-state index contributed by atoms with van der Waals surface area (Å²) in [7, 11) is 0. The van der Waals surface area contributed by atoms with Crippen molar-refractivity contribution in [1.29, 1.82) is 0 Å². The second-order valence-corrected chi connectivity index (χ2v) is 7.11. The van der Waals surface area contributed by atoms with Gasteiger partial charge in [0.25, 0.3) is 0 Å². The summed E-state index contributed by atoms with van der Waals surface area (Å²) >= 11 is 12.1. The third-order valence-electron chi connectivity index (χ3n) is 3.41. The highest BCUT2D eigenvalue weighted by Crippen LogP contribution is 2.29. The number of rotatable bonds is 3. The summed E-state index contributed by atoms with van der Waals surface area (Å²) in [5, 5.41) is 3.52. The van der Waals surface area contributed by atoms with E-state index in [1.54, 1.807) is 24.3 Å². The van der Waals surface area contributed by atoms with Crippen molar-refractivity contribution in [3.63, 3.8) is 0 Å². The predicted molar refractivity (Wildman–Crippen MR) is 99.3 cm³/mol. The van der Waals surface area contributed by atoms with Gasteiger partial charge in [0.2, 0.25) is 5.91 Å². The summed E-state index contributed by atoms with van der Waals surface area (Å²) in [6.07, 6.45) is 3.22. The average molecular weight is 348 g/mol. The third kappa shape index (κ3) is 4.85. The SMILES string of the molecule is CC(C)(C)c1ccc(/C=C/C(=O)Nc2c(Cl)cccc2Cl)cc1. The Bertz CT molecular complexity index is 708. The van der Waals surface area contributed by atoms with Gasteiger partial charge in [-0.25, -0.2) is 0 Å². The molecule has 0 heterocycles. The lowest BCUT2D eigenvalue weighted by molar-refractivity contribution is -0.111. The summed E-state index contributed by atoms with van der Waals surface area (Å²) in [4.78, 5) is 12.0. The van der Waals surface area contributed by atoms with E-state index in [-0.39, 0.29) is 11.3 Å². The van der Waals surface area contributed by atoms with Gasteiger partial charge in [0.05, 0.1) is 15.7 Å². The highest BCUT2D eigenvalue weighted by Gasteiger charge is 2.12. The number of benzene rings is 2. The topological polar surface area (TPSA) is 29.1 Å². The average Bonchev–Trinajstić information content (AvgIpc) is 2.48. The van der Waals surface area contributed by atoms with Crippen LogP contribution in [0.5, 0.6) is 0 Å². The summed E-state index contributed by atoms with van der Waals surface area (Å²) in [5.41, 5.74) is 2.74. The molecule has 0 unspecified atom stereocenters. The van der Waals surface area contributed by atoms with Gasteiger partial charge < -0.3 is 5.32 Å². The standard InChI is InChI=1S/C19H19Cl2NO/c1-19(2,3)14-10-7-13(8-11-14)9-12-17(23)22-18-15(20)5-4-6-16(18)21/h4-12H,1-3H3,(H,22,23)/b12-9+. The second-order valence-electron chi connectivity index (χ2n) is 6.29. The molecule has 1 amide bonds. The Kier molecular flexibility index (Phi) is 5.51. The lowest BCUT2D eigenvalue weighted by Crippen LogP contribution is -2.10. The van der Waals surface area contributed by atoms with E-state index < -0.39 is 0 Å². The highest BCUT2D eigenvalue weighted by molar-refractivity contribution is 6.39. The number of para-hydroxylation sites is 1. The van der Waals surface area contributed by atoms with E-state index in [1.165, 1.54) is 11.6 Å². The van der Waals surface area contributed by atoms with Crippen molar-refractivity contribution in [3.05, 3.63) is 69.7 Å². The van der Waals surface area contributed by atoms with E-state index >= 15 is 0 Å². The molecule has 2 aromatic carbocycles. The highest BCUT2D eigenvalue weighted by atomic mass is 35.5. The Morgan fingerprint density at radius 1 is 1.00 bits per heavy atom. The lowest BCUT2D eigenvalue weighted by Gasteiger charge is -2.18. The Hall–Kier alpha value is -1.77. The first-order valence-corrected chi connectivity index (χ1v) is 8.06. The van der Waals surface area contributed by atoms with Crippen molar-refractivity contribution in [2.45, 2.75) is 26.2 Å². The fourth-order valence-electron chi connectivity index (χ4n) is 2.05. The molecule has 0 aromatic heterocycles. The van der Waals surface area contributed by atoms with Crippen LogP contribution in [0.25, 0.3) is 6.08 Å². The summed E-state index contributed by atoms with van der Waals surface area (Å²) in [5.74, 6) is -0.278. The molecule has 120 valence electrons. The molecule has 0 fully saturated rings. The van der Waals surface area contributed by atoms with Crippen molar-refractivity contribution < 1.29 is 4.79 Å². The largest absolute Gasteiger partial charge is 0.320 e. The predicted octanol–water partition coefficient (Wildman–Crippen LogP) is 5.94. The van der Waals surface area contributed by atoms with Gasteiger partial charge in [-0.05, 0) is 34.8 Å². The van der Waals surface area contributed by atoms with E-state index in [2.05, 4.69) is 38.2 Å². The van der Waals surface area contributed by atoms with Crippen molar-refractivity contribution in [2.75, 3.05) is 5.32 Å². The molecule has 2 aromatic rings. The number of halogens is 2. The van der Waals surface area contributed by atoms with Crippen LogP contribution in [0.3, 0.4) is 0 Å². The Morgan fingerprint density at radius 3 is 2.09 bits per heavy atom. The van der Waals surface area contributed by atoms with Crippen molar-refractivity contribution in [2.24, 2.45) is 0 Å². The number of hydrogen-bond acceptors (Lipinski definition) is 1. The number of hydrogen-bond donors (Lipinski definition) is 1. The first-order valence-electron chi connectivity index (χ1n) is 7.31. The Balaban J connectivity index is 2.07. The molecule has 0 saturated carbocycles. The number of carbonyl (C=O) groups excluding carboxylic acids is 1. The van der Waals surface area contributed by atoms with Crippen molar-refractivity contribution in [1.82, 2.24) is 0 Å². The molecular weight excluding hydrogens is 329 g/mol. The maximum absolute atomic E-state index is 12.0. The van der Waals surface area contributed by atoms with Gasteiger partial charge in [-0.2, -0.15) is 0 Å². The lowest BCUT2D eigenvalue weighted by atomic mass is 9.87. The molecule has 0 radical (unpaired) electrons. The maximum Gasteiger partial charge on any atom is 0.248 e. The molecule has 0 aliphatic heterocycles. The van der Waals surface area contributed by atoms with Crippen LogP contribution in [-0.4, -0.2) is 5.91 Å². The van der Waals surface area contributed by atoms with E-state index in [0.29, 0.717) is 15.7 Å². The minimum absolute atomic E-state index is 0.112. The molecule has 1 N–H and O–H groups in total. The first kappa shape index (κ1) is 17.6. The van der Waals surface area contributed by atoms with E-state index in [9.17, 15) is 4.79 Å². The quantitative estimate of drug-likeness (QED) is 0.683. The number of anilines is 1. The Labute approximate surface area is 147 Å². The van der Waals surface area contributed by atoms with Gasteiger partial charge >= 0.3 is 0 Å². The molecule has 4 heteroatoms. The fourth-order valence-corrected chi connectivity index (χ4v) is 2.54. The summed E-state index contributed by atoms with van der Waals surface area (Å²) < 4.78 is 0. The molecular formula is C19H19Cl2NO. The van der Waals surface area contributed by atoms with Crippen molar-refractivity contribution >= 4 is 40.9 Å². The zero-order valence-electron chi connectivity index (χ0n) is 13.4. The zero-order chi connectivity index (χ0) is 17.0. The van der Waals surface area contributed by atoms with Crippen molar-refractivity contribution in [3.8, 4) is 0 Å². The maximum atomic E-state index is 12.0. The minimum Gasteiger partial charge on any atom is -0.320 e. The molecule has 2 nitrogen and oxygen atoms in total. The molecule has 23 heavy (non-hydrogen) atoms. The summed E-state index contributed by atoms with van der Waals surface area (Å²) in [6.45, 7) is 6.50. The molecule has 0 saturated heterocycles. The molecule has 0 aliphatic rings. The van der Waals surface area contributed by atoms with Crippen LogP contribution in [0, 0.1) is 0 Å². The van der Waals surface area contributed by atoms with Gasteiger partial charge in [-0.15, -0.1) is 0 Å².